The predicted octanol–water partition coefficient (Wildman–Crippen LogP) is 2.62. The fourth-order valence-corrected chi connectivity index (χ4v) is 6.42. The van der Waals surface area contributed by atoms with E-state index in [1.54, 1.807) is 12.1 Å². The van der Waals surface area contributed by atoms with Crippen molar-refractivity contribution >= 4 is 21.8 Å². The van der Waals surface area contributed by atoms with E-state index in [9.17, 15) is 8.42 Å². The van der Waals surface area contributed by atoms with Gasteiger partial charge in [-0.25, -0.2) is 13.6 Å². The largest absolute Gasteiger partial charge is 0.302 e. The van der Waals surface area contributed by atoms with Crippen molar-refractivity contribution in [3.8, 4) is 0 Å². The van der Waals surface area contributed by atoms with Crippen molar-refractivity contribution in [1.29, 1.82) is 0 Å². The fraction of sp³-hybridized carbons (Fsp3) is 0.714. The van der Waals surface area contributed by atoms with Gasteiger partial charge in [0.15, 0.2) is 0 Å². The highest BCUT2D eigenvalue weighted by Gasteiger charge is 2.37. The van der Waals surface area contributed by atoms with E-state index in [0.717, 1.165) is 43.3 Å². The lowest BCUT2D eigenvalue weighted by Crippen LogP contribution is -2.62. The quantitative estimate of drug-likeness (QED) is 0.647. The number of nitrogens with zero attached hydrogens (tertiary/aromatic N) is 2. The number of nitrogens with two attached hydrogens (primary N) is 1. The zero-order chi connectivity index (χ0) is 21.0. The highest BCUT2D eigenvalue weighted by molar-refractivity contribution is 8.00. The van der Waals surface area contributed by atoms with E-state index >= 15 is 0 Å². The minimum absolute atomic E-state index is 0.174. The Morgan fingerprint density at radius 2 is 1.90 bits per heavy atom. The average molecular weight is 441 g/mol. The third kappa shape index (κ3) is 5.74. The maximum Gasteiger partial charge on any atom is 0.238 e. The van der Waals surface area contributed by atoms with Crippen molar-refractivity contribution < 1.29 is 8.42 Å². The lowest BCUT2D eigenvalue weighted by molar-refractivity contribution is -0.0176. The van der Waals surface area contributed by atoms with Gasteiger partial charge in [-0.1, -0.05) is 26.0 Å². The van der Waals surface area contributed by atoms with Crippen LogP contribution in [0.25, 0.3) is 0 Å². The molecule has 0 bridgehead atoms. The third-order valence-electron chi connectivity index (χ3n) is 6.25. The molecule has 29 heavy (non-hydrogen) atoms. The van der Waals surface area contributed by atoms with Crippen molar-refractivity contribution in [2.24, 2.45) is 5.14 Å². The molecule has 2 aliphatic rings. The number of rotatable bonds is 8. The Morgan fingerprint density at radius 3 is 2.45 bits per heavy atom. The van der Waals surface area contributed by atoms with Crippen LogP contribution < -0.4 is 10.5 Å². The number of primary sulfonamides is 1. The number of piperazine rings is 1. The summed E-state index contributed by atoms with van der Waals surface area (Å²) in [5.74, 6) is 1.28. The first-order chi connectivity index (χ1) is 13.8. The van der Waals surface area contributed by atoms with Gasteiger partial charge in [0.05, 0.1) is 11.1 Å². The van der Waals surface area contributed by atoms with Gasteiger partial charge in [-0.05, 0) is 56.2 Å². The molecule has 0 spiro atoms. The van der Waals surface area contributed by atoms with Gasteiger partial charge in [-0.15, -0.1) is 0 Å². The highest BCUT2D eigenvalue weighted by atomic mass is 32.2. The minimum Gasteiger partial charge on any atom is -0.302 e. The summed E-state index contributed by atoms with van der Waals surface area (Å²) >= 11 is 2.09. The summed E-state index contributed by atoms with van der Waals surface area (Å²) in [5, 5.41) is 9.89. The van der Waals surface area contributed by atoms with E-state index < -0.39 is 10.0 Å². The van der Waals surface area contributed by atoms with E-state index in [1.165, 1.54) is 18.6 Å². The molecule has 8 heteroatoms. The van der Waals surface area contributed by atoms with Crippen LogP contribution in [-0.2, 0) is 10.0 Å². The number of sulfonamides is 1. The number of hydrogen-bond acceptors (Lipinski definition) is 6. The van der Waals surface area contributed by atoms with Gasteiger partial charge < -0.3 is 4.90 Å². The van der Waals surface area contributed by atoms with Crippen LogP contribution in [0.1, 0.15) is 51.1 Å². The molecule has 3 unspecified atom stereocenters. The Morgan fingerprint density at radius 1 is 1.21 bits per heavy atom. The predicted molar refractivity (Wildman–Crippen MR) is 122 cm³/mol. The maximum absolute atomic E-state index is 11.6. The molecule has 0 saturated carbocycles. The molecule has 3 rings (SSSR count). The van der Waals surface area contributed by atoms with Crippen LogP contribution in [0.3, 0.4) is 0 Å². The minimum atomic E-state index is -3.67. The summed E-state index contributed by atoms with van der Waals surface area (Å²) in [6.45, 7) is 7.51. The second-order valence-corrected chi connectivity index (χ2v) is 11.3. The topological polar surface area (TPSA) is 78.7 Å². The van der Waals surface area contributed by atoms with Crippen LogP contribution in [0.4, 0.5) is 0 Å². The van der Waals surface area contributed by atoms with Crippen LogP contribution >= 0.6 is 11.8 Å². The van der Waals surface area contributed by atoms with Crippen molar-refractivity contribution in [2.75, 3.05) is 32.4 Å². The molecular formula is C21H36N4O2S2. The van der Waals surface area contributed by atoms with Crippen LogP contribution in [-0.4, -0.2) is 68.1 Å². The number of hydrogen-bond donors (Lipinski definition) is 2. The average Bonchev–Trinajstić information content (AvgIpc) is 3.21. The second kappa shape index (κ2) is 10.1. The van der Waals surface area contributed by atoms with E-state index in [1.807, 2.05) is 12.1 Å². The summed E-state index contributed by atoms with van der Waals surface area (Å²) in [7, 11) is -1.49. The normalized spacial score (nSPS) is 27.0. The van der Waals surface area contributed by atoms with Crippen LogP contribution in [0.2, 0.25) is 0 Å². The maximum atomic E-state index is 11.6. The molecule has 3 atom stereocenters. The summed E-state index contributed by atoms with van der Waals surface area (Å²) in [6, 6.07) is 7.86. The summed E-state index contributed by atoms with van der Waals surface area (Å²) in [4.78, 5) is 5.20. The van der Waals surface area contributed by atoms with Crippen molar-refractivity contribution in [2.45, 2.75) is 67.9 Å². The Kier molecular flexibility index (Phi) is 8.03. The zero-order valence-corrected chi connectivity index (χ0v) is 19.5. The molecule has 3 N–H and O–H groups in total. The molecule has 2 saturated heterocycles. The SMILES string of the molecule is CCC(CC)N1C(NCC2CCCS2)CN(C)CC1c1ccc(S(N)(=O)=O)cc1. The van der Waals surface area contributed by atoms with Crippen LogP contribution in [0.5, 0.6) is 0 Å². The van der Waals surface area contributed by atoms with Gasteiger partial charge in [-0.3, -0.25) is 10.2 Å². The molecule has 6 nitrogen and oxygen atoms in total. The van der Waals surface area contributed by atoms with E-state index in [4.69, 9.17) is 5.14 Å². The molecule has 164 valence electrons. The molecule has 0 aromatic heterocycles. The first-order valence-electron chi connectivity index (χ1n) is 10.8. The molecule has 2 aliphatic heterocycles. The Bertz CT molecular complexity index is 746. The summed E-state index contributed by atoms with van der Waals surface area (Å²) in [6.07, 6.45) is 5.13. The van der Waals surface area contributed by atoms with Gasteiger partial charge in [0.1, 0.15) is 0 Å². The Labute approximate surface area is 180 Å². The molecule has 1 aromatic rings. The molecule has 2 heterocycles. The molecule has 1 aromatic carbocycles. The fourth-order valence-electron chi connectivity index (χ4n) is 4.69. The van der Waals surface area contributed by atoms with Crippen LogP contribution in [0, 0.1) is 0 Å². The first-order valence-corrected chi connectivity index (χ1v) is 13.4. The molecular weight excluding hydrogens is 404 g/mol. The van der Waals surface area contributed by atoms with Crippen molar-refractivity contribution in [3.05, 3.63) is 29.8 Å². The van der Waals surface area contributed by atoms with Gasteiger partial charge >= 0.3 is 0 Å². The van der Waals surface area contributed by atoms with Gasteiger partial charge in [0.2, 0.25) is 10.0 Å². The smallest absolute Gasteiger partial charge is 0.238 e. The lowest BCUT2D eigenvalue weighted by atomic mass is 9.96. The van der Waals surface area contributed by atoms with Crippen molar-refractivity contribution in [3.63, 3.8) is 0 Å². The number of nitrogens with one attached hydrogen (secondary N) is 1. The second-order valence-electron chi connectivity index (χ2n) is 8.33. The van der Waals surface area contributed by atoms with Crippen LogP contribution in [0.15, 0.2) is 29.2 Å². The highest BCUT2D eigenvalue weighted by Crippen LogP contribution is 2.33. The molecule has 0 aliphatic carbocycles. The Balaban J connectivity index is 1.85. The lowest BCUT2D eigenvalue weighted by Gasteiger charge is -2.50. The van der Waals surface area contributed by atoms with Gasteiger partial charge in [-0.2, -0.15) is 11.8 Å². The Hall–Kier alpha value is -0.640. The molecule has 2 fully saturated rings. The molecule has 0 radical (unpaired) electrons. The molecule has 0 amide bonds. The van der Waals surface area contributed by atoms with E-state index in [-0.39, 0.29) is 10.9 Å². The van der Waals surface area contributed by atoms with E-state index in [2.05, 4.69) is 47.8 Å². The van der Waals surface area contributed by atoms with Gasteiger partial charge in [0.25, 0.3) is 0 Å². The summed E-state index contributed by atoms with van der Waals surface area (Å²) < 4.78 is 23.3. The first kappa shape index (κ1) is 23.0. The zero-order valence-electron chi connectivity index (χ0n) is 17.9. The number of likely N-dealkylation sites (N-methyl/N-ethyl adjacent to an activating group) is 1. The standard InChI is InChI=1S/C21H36N4O2S2/c1-4-17(5-2)25-20(16-8-10-19(11-9-16)29(22,26)27)14-24(3)15-21(25)23-13-18-7-6-12-28-18/h8-11,17-18,20-21,23H,4-7,12-15H2,1-3H3,(H2,22,26,27). The number of benzene rings is 1. The van der Waals surface area contributed by atoms with Crippen molar-refractivity contribution in [1.82, 2.24) is 15.1 Å². The van der Waals surface area contributed by atoms with Gasteiger partial charge in [0, 0.05) is 37.0 Å². The monoisotopic (exact) mass is 440 g/mol. The summed E-state index contributed by atoms with van der Waals surface area (Å²) in [5.41, 5.74) is 1.15. The third-order valence-corrected chi connectivity index (χ3v) is 8.58. The van der Waals surface area contributed by atoms with E-state index in [0.29, 0.717) is 12.2 Å². The number of thioether (sulfide) groups is 1.